The molecule has 0 aliphatic carbocycles. The Hall–Kier alpha value is -0.200. The lowest BCUT2D eigenvalue weighted by molar-refractivity contribution is 0.512. The maximum absolute atomic E-state index is 9.40. The Bertz CT molecular complexity index is 58.7. The van der Waals surface area contributed by atoms with Gasteiger partial charge >= 0.3 is 8.03 Å². The fourth-order valence-electron chi connectivity index (χ4n) is 0. The molecule has 0 spiro atoms. The third-order valence-electron chi connectivity index (χ3n) is 0.156. The molecule has 0 fully saturated rings. The molecule has 0 aromatic rings. The highest BCUT2D eigenvalue weighted by Gasteiger charge is 1.94. The summed E-state index contributed by atoms with van der Waals surface area (Å²) in [6.45, 7) is 3.03. The van der Waals surface area contributed by atoms with Gasteiger partial charge in [0.25, 0.3) is 0 Å². The Morgan fingerprint density at radius 2 is 2.20 bits per heavy atom. The zero-order valence-corrected chi connectivity index (χ0v) is 3.48. The van der Waals surface area contributed by atoms with Crippen LogP contribution in [0.1, 0.15) is 0 Å². The first-order valence-corrected chi connectivity index (χ1v) is 2.33. The standard InChI is InChI=1S/C2H3O2P/c1-2-5(3)4/h2H,1H2/p+1. The van der Waals surface area contributed by atoms with Gasteiger partial charge in [0.1, 0.15) is 0 Å². The van der Waals surface area contributed by atoms with Gasteiger partial charge in [-0.3, -0.25) is 0 Å². The molecular weight excluding hydrogens is 87.0 g/mol. The van der Waals surface area contributed by atoms with Crippen molar-refractivity contribution in [1.82, 2.24) is 0 Å². The number of hydrogen-bond acceptors (Lipinski definition) is 1. The SMILES string of the molecule is C=C[P+](=O)O. The fourth-order valence-corrected chi connectivity index (χ4v) is 0. The second kappa shape index (κ2) is 2.06. The monoisotopic (exact) mass is 91.0 g/mol. The molecule has 1 atom stereocenters. The topological polar surface area (TPSA) is 37.3 Å². The Labute approximate surface area is 31.0 Å². The van der Waals surface area contributed by atoms with Gasteiger partial charge < -0.3 is 0 Å². The average Bonchev–Trinajstić information content (AvgIpc) is 1.38. The molecule has 0 aliphatic rings. The van der Waals surface area contributed by atoms with Gasteiger partial charge in [0, 0.05) is 0 Å². The molecular formula is C2H4O2P+. The first-order chi connectivity index (χ1) is 2.27. The third-order valence-corrected chi connectivity index (χ3v) is 0.469. The lowest BCUT2D eigenvalue weighted by Crippen LogP contribution is -1.35. The van der Waals surface area contributed by atoms with E-state index in [1.54, 1.807) is 0 Å². The van der Waals surface area contributed by atoms with Crippen molar-refractivity contribution in [2.24, 2.45) is 0 Å². The van der Waals surface area contributed by atoms with Gasteiger partial charge in [-0.05, 0) is 11.1 Å². The molecule has 28 valence electrons. The fraction of sp³-hybridized carbons (Fsp3) is 0. The molecule has 0 amide bonds. The first-order valence-electron chi connectivity index (χ1n) is 1.05. The maximum atomic E-state index is 9.40. The van der Waals surface area contributed by atoms with Crippen LogP contribution in [-0.2, 0) is 4.57 Å². The number of rotatable bonds is 1. The number of hydrogen-bond donors (Lipinski definition) is 1. The van der Waals surface area contributed by atoms with Crippen LogP contribution in [0, 0.1) is 0 Å². The summed E-state index contributed by atoms with van der Waals surface area (Å²) in [5, 5.41) is 0. The molecule has 2 nitrogen and oxygen atoms in total. The van der Waals surface area contributed by atoms with E-state index in [9.17, 15) is 4.57 Å². The highest BCUT2D eigenvalue weighted by molar-refractivity contribution is 7.41. The predicted molar refractivity (Wildman–Crippen MR) is 20.0 cm³/mol. The van der Waals surface area contributed by atoms with Crippen molar-refractivity contribution in [3.05, 3.63) is 12.4 Å². The lowest BCUT2D eigenvalue weighted by Gasteiger charge is -1.42. The zero-order valence-electron chi connectivity index (χ0n) is 2.59. The van der Waals surface area contributed by atoms with Crippen LogP contribution < -0.4 is 0 Å². The Balaban J connectivity index is 3.20. The average molecular weight is 91.0 g/mol. The van der Waals surface area contributed by atoms with Gasteiger partial charge in [-0.1, -0.05) is 0 Å². The summed E-state index contributed by atoms with van der Waals surface area (Å²) in [6.07, 6.45) is 0. The Morgan fingerprint density at radius 3 is 2.20 bits per heavy atom. The summed E-state index contributed by atoms with van der Waals surface area (Å²) in [6, 6.07) is 0. The van der Waals surface area contributed by atoms with E-state index in [-0.39, 0.29) is 0 Å². The molecule has 0 saturated heterocycles. The van der Waals surface area contributed by atoms with Crippen molar-refractivity contribution in [2.45, 2.75) is 0 Å². The molecule has 0 bridgehead atoms. The van der Waals surface area contributed by atoms with Crippen molar-refractivity contribution in [3.8, 4) is 0 Å². The minimum Gasteiger partial charge on any atom is -0.157 e. The van der Waals surface area contributed by atoms with Crippen LogP contribution >= 0.6 is 8.03 Å². The first kappa shape index (κ1) is 4.80. The Kier molecular flexibility index (Phi) is 1.98. The molecule has 3 heteroatoms. The summed E-state index contributed by atoms with van der Waals surface area (Å²) in [5.74, 6) is 0.981. The minimum absolute atomic E-state index is 0.981. The Morgan fingerprint density at radius 1 is 2.00 bits per heavy atom. The van der Waals surface area contributed by atoms with Gasteiger partial charge in [0.15, 0.2) is 5.82 Å². The molecule has 0 aromatic heterocycles. The van der Waals surface area contributed by atoms with Gasteiger partial charge in [0.05, 0.1) is 0 Å². The van der Waals surface area contributed by atoms with E-state index in [2.05, 4.69) is 6.58 Å². The van der Waals surface area contributed by atoms with Crippen LogP contribution in [-0.4, -0.2) is 4.89 Å². The minimum atomic E-state index is -2.08. The maximum Gasteiger partial charge on any atom is 0.537 e. The van der Waals surface area contributed by atoms with E-state index in [0.29, 0.717) is 0 Å². The third kappa shape index (κ3) is 3.80. The van der Waals surface area contributed by atoms with E-state index in [4.69, 9.17) is 4.89 Å². The van der Waals surface area contributed by atoms with E-state index in [1.165, 1.54) is 0 Å². The summed E-state index contributed by atoms with van der Waals surface area (Å²) >= 11 is 0. The van der Waals surface area contributed by atoms with E-state index in [0.717, 1.165) is 5.82 Å². The van der Waals surface area contributed by atoms with Crippen LogP contribution in [0.25, 0.3) is 0 Å². The van der Waals surface area contributed by atoms with Crippen molar-refractivity contribution in [2.75, 3.05) is 0 Å². The predicted octanol–water partition coefficient (Wildman–Crippen LogP) is 0.865. The van der Waals surface area contributed by atoms with Gasteiger partial charge in [-0.25, -0.2) is 0 Å². The largest absolute Gasteiger partial charge is 0.537 e. The quantitative estimate of drug-likeness (QED) is 0.486. The highest BCUT2D eigenvalue weighted by atomic mass is 31.1. The van der Waals surface area contributed by atoms with Crippen molar-refractivity contribution in [3.63, 3.8) is 0 Å². The van der Waals surface area contributed by atoms with Gasteiger partial charge in [-0.15, -0.1) is 0 Å². The molecule has 0 radical (unpaired) electrons. The normalized spacial score (nSPS) is 10.2. The van der Waals surface area contributed by atoms with Crippen LogP contribution in [0.15, 0.2) is 12.4 Å². The summed E-state index contributed by atoms with van der Waals surface area (Å²) in [7, 11) is -2.08. The van der Waals surface area contributed by atoms with Crippen LogP contribution in [0.3, 0.4) is 0 Å². The molecule has 5 heavy (non-hydrogen) atoms. The van der Waals surface area contributed by atoms with Crippen LogP contribution in [0.4, 0.5) is 0 Å². The molecule has 0 aliphatic heterocycles. The van der Waals surface area contributed by atoms with Gasteiger partial charge in [0.2, 0.25) is 0 Å². The molecule has 1 N–H and O–H groups in total. The second-order valence-corrected chi connectivity index (χ2v) is 1.46. The zero-order chi connectivity index (χ0) is 4.28. The molecule has 1 unspecified atom stereocenters. The smallest absolute Gasteiger partial charge is 0.157 e. The van der Waals surface area contributed by atoms with Crippen LogP contribution in [0.2, 0.25) is 0 Å². The van der Waals surface area contributed by atoms with Crippen molar-refractivity contribution < 1.29 is 9.46 Å². The molecule has 0 saturated carbocycles. The highest BCUT2D eigenvalue weighted by Crippen LogP contribution is 2.10. The van der Waals surface area contributed by atoms with E-state index >= 15 is 0 Å². The summed E-state index contributed by atoms with van der Waals surface area (Å²) in [4.78, 5) is 7.75. The van der Waals surface area contributed by atoms with Crippen LogP contribution in [0.5, 0.6) is 0 Å². The summed E-state index contributed by atoms with van der Waals surface area (Å²) in [5.41, 5.74) is 0. The lowest BCUT2D eigenvalue weighted by atomic mass is 11.3. The van der Waals surface area contributed by atoms with E-state index < -0.39 is 8.03 Å². The molecule has 0 heterocycles. The molecule has 0 aromatic carbocycles. The molecule has 0 rings (SSSR count). The van der Waals surface area contributed by atoms with Gasteiger partial charge in [-0.2, -0.15) is 4.89 Å². The van der Waals surface area contributed by atoms with Crippen molar-refractivity contribution in [1.29, 1.82) is 0 Å². The van der Waals surface area contributed by atoms with E-state index in [1.807, 2.05) is 0 Å². The second-order valence-electron chi connectivity index (χ2n) is 0.485. The summed E-state index contributed by atoms with van der Waals surface area (Å²) < 4.78 is 9.40. The van der Waals surface area contributed by atoms with Crippen molar-refractivity contribution >= 4 is 8.03 Å².